The van der Waals surface area contributed by atoms with E-state index in [2.05, 4.69) is 4.74 Å². The van der Waals surface area contributed by atoms with Gasteiger partial charge in [-0.1, -0.05) is 11.6 Å². The van der Waals surface area contributed by atoms with Gasteiger partial charge in [0.15, 0.2) is 18.1 Å². The minimum Gasteiger partial charge on any atom is -0.490 e. The van der Waals surface area contributed by atoms with Crippen LogP contribution in [0.2, 0.25) is 5.02 Å². The molecule has 0 atom stereocenters. The fourth-order valence-corrected chi connectivity index (χ4v) is 1.49. The maximum atomic E-state index is 12.1. The number of benzene rings is 1. The fraction of sp³-hybridized carbons (Fsp3) is 0.364. The van der Waals surface area contributed by atoms with Crippen LogP contribution in [-0.4, -0.2) is 25.7 Å². The van der Waals surface area contributed by atoms with Crippen molar-refractivity contribution in [1.29, 1.82) is 0 Å². The minimum atomic E-state index is -4.48. The number of aldehydes is 1. The molecule has 0 heterocycles. The number of ether oxygens (including phenoxy) is 2. The maximum absolute atomic E-state index is 12.1. The highest BCUT2D eigenvalue weighted by Crippen LogP contribution is 2.37. The molecule has 1 rings (SSSR count). The third-order valence-corrected chi connectivity index (χ3v) is 2.13. The molecule has 0 fully saturated rings. The summed E-state index contributed by atoms with van der Waals surface area (Å²) in [6.45, 7) is 0.378. The standard InChI is InChI=1S/C11H10ClF3O3/c1-2-17-9-4-7(5-16)3-8(12)10(9)18-6-11(13,14)15/h3-5H,2,6H2,1H3. The van der Waals surface area contributed by atoms with Gasteiger partial charge in [-0.2, -0.15) is 13.2 Å². The number of hydrogen-bond acceptors (Lipinski definition) is 3. The summed E-state index contributed by atoms with van der Waals surface area (Å²) in [4.78, 5) is 10.6. The first kappa shape index (κ1) is 14.6. The SMILES string of the molecule is CCOc1cc(C=O)cc(Cl)c1OCC(F)(F)F. The first-order valence-electron chi connectivity index (χ1n) is 4.98. The Kier molecular flexibility index (Phi) is 4.84. The molecule has 0 bridgehead atoms. The lowest BCUT2D eigenvalue weighted by Crippen LogP contribution is -2.19. The summed E-state index contributed by atoms with van der Waals surface area (Å²) in [7, 11) is 0. The lowest BCUT2D eigenvalue weighted by molar-refractivity contribution is -0.153. The molecular weight excluding hydrogens is 273 g/mol. The van der Waals surface area contributed by atoms with E-state index >= 15 is 0 Å². The summed E-state index contributed by atoms with van der Waals surface area (Å²) in [6, 6.07) is 2.48. The largest absolute Gasteiger partial charge is 0.490 e. The predicted octanol–water partition coefficient (Wildman–Crippen LogP) is 3.49. The first-order chi connectivity index (χ1) is 8.37. The average Bonchev–Trinajstić information content (AvgIpc) is 2.26. The van der Waals surface area contributed by atoms with Crippen molar-refractivity contribution < 1.29 is 27.4 Å². The van der Waals surface area contributed by atoms with Gasteiger partial charge in [-0.05, 0) is 19.1 Å². The van der Waals surface area contributed by atoms with Crippen molar-refractivity contribution >= 4 is 17.9 Å². The molecular formula is C11H10ClF3O3. The molecule has 18 heavy (non-hydrogen) atoms. The lowest BCUT2D eigenvalue weighted by atomic mass is 10.2. The van der Waals surface area contributed by atoms with Crippen molar-refractivity contribution in [3.05, 3.63) is 22.7 Å². The molecule has 1 aromatic carbocycles. The Morgan fingerprint density at radius 1 is 1.33 bits per heavy atom. The van der Waals surface area contributed by atoms with Gasteiger partial charge < -0.3 is 9.47 Å². The molecule has 0 aromatic heterocycles. The van der Waals surface area contributed by atoms with E-state index in [-0.39, 0.29) is 28.7 Å². The van der Waals surface area contributed by atoms with Crippen molar-refractivity contribution in [1.82, 2.24) is 0 Å². The van der Waals surface area contributed by atoms with E-state index in [0.29, 0.717) is 6.29 Å². The molecule has 1 aromatic rings. The van der Waals surface area contributed by atoms with Crippen LogP contribution in [-0.2, 0) is 0 Å². The fourth-order valence-electron chi connectivity index (χ4n) is 1.21. The van der Waals surface area contributed by atoms with Gasteiger partial charge in [0.1, 0.15) is 6.29 Å². The highest BCUT2D eigenvalue weighted by molar-refractivity contribution is 6.32. The van der Waals surface area contributed by atoms with E-state index in [9.17, 15) is 18.0 Å². The Balaban J connectivity index is 3.04. The Bertz CT molecular complexity index is 432. The molecule has 0 aliphatic rings. The molecule has 0 saturated heterocycles. The Morgan fingerprint density at radius 3 is 2.50 bits per heavy atom. The van der Waals surface area contributed by atoms with Crippen LogP contribution in [0.15, 0.2) is 12.1 Å². The molecule has 0 saturated carbocycles. The van der Waals surface area contributed by atoms with Crippen molar-refractivity contribution in [2.45, 2.75) is 13.1 Å². The van der Waals surface area contributed by atoms with Crippen molar-refractivity contribution in [2.24, 2.45) is 0 Å². The van der Waals surface area contributed by atoms with Crippen LogP contribution in [0.25, 0.3) is 0 Å². The summed E-state index contributed by atoms with van der Waals surface area (Å²) in [6.07, 6.45) is -3.96. The molecule has 0 unspecified atom stereocenters. The number of rotatable bonds is 5. The minimum absolute atomic E-state index is 0.0105. The normalized spacial score (nSPS) is 11.2. The summed E-state index contributed by atoms with van der Waals surface area (Å²) in [5.74, 6) is -0.210. The number of hydrogen-bond donors (Lipinski definition) is 0. The average molecular weight is 283 g/mol. The highest BCUT2D eigenvalue weighted by atomic mass is 35.5. The molecule has 7 heteroatoms. The number of carbonyl (C=O) groups is 1. The van der Waals surface area contributed by atoms with Crippen LogP contribution >= 0.6 is 11.6 Å². The van der Waals surface area contributed by atoms with E-state index in [1.165, 1.54) is 12.1 Å². The molecule has 3 nitrogen and oxygen atoms in total. The lowest BCUT2D eigenvalue weighted by Gasteiger charge is -2.15. The Hall–Kier alpha value is -1.43. The van der Waals surface area contributed by atoms with Crippen LogP contribution < -0.4 is 9.47 Å². The smallest absolute Gasteiger partial charge is 0.422 e. The quantitative estimate of drug-likeness (QED) is 0.776. The molecule has 0 aliphatic carbocycles. The summed E-state index contributed by atoms with van der Waals surface area (Å²) in [5.41, 5.74) is 0.197. The van der Waals surface area contributed by atoms with Gasteiger partial charge >= 0.3 is 6.18 Å². The van der Waals surface area contributed by atoms with E-state index in [1.54, 1.807) is 6.92 Å². The monoisotopic (exact) mass is 282 g/mol. The van der Waals surface area contributed by atoms with Crippen LogP contribution in [0.5, 0.6) is 11.5 Å². The Morgan fingerprint density at radius 2 is 2.00 bits per heavy atom. The van der Waals surface area contributed by atoms with E-state index in [4.69, 9.17) is 16.3 Å². The second kappa shape index (κ2) is 5.95. The van der Waals surface area contributed by atoms with Gasteiger partial charge in [-0.3, -0.25) is 4.79 Å². The number of carbonyl (C=O) groups excluding carboxylic acids is 1. The van der Waals surface area contributed by atoms with Gasteiger partial charge in [0.2, 0.25) is 0 Å². The highest BCUT2D eigenvalue weighted by Gasteiger charge is 2.29. The van der Waals surface area contributed by atoms with E-state index in [0.717, 1.165) is 0 Å². The summed E-state index contributed by atoms with van der Waals surface area (Å²) < 4.78 is 45.9. The zero-order valence-corrected chi connectivity index (χ0v) is 10.1. The molecule has 100 valence electrons. The van der Waals surface area contributed by atoms with Crippen molar-refractivity contribution in [3.63, 3.8) is 0 Å². The molecule has 0 radical (unpaired) electrons. The summed E-state index contributed by atoms with van der Waals surface area (Å²) in [5, 5.41) is -0.104. The van der Waals surface area contributed by atoms with Crippen LogP contribution in [0.1, 0.15) is 17.3 Å². The van der Waals surface area contributed by atoms with Gasteiger partial charge in [-0.25, -0.2) is 0 Å². The molecule has 0 amide bonds. The van der Waals surface area contributed by atoms with Gasteiger partial charge in [0, 0.05) is 5.56 Å². The topological polar surface area (TPSA) is 35.5 Å². The molecule has 0 spiro atoms. The molecule has 0 N–H and O–H groups in total. The van der Waals surface area contributed by atoms with E-state index < -0.39 is 12.8 Å². The van der Waals surface area contributed by atoms with E-state index in [1.807, 2.05) is 0 Å². The second-order valence-corrected chi connectivity index (χ2v) is 3.69. The van der Waals surface area contributed by atoms with Crippen molar-refractivity contribution in [3.8, 4) is 11.5 Å². The van der Waals surface area contributed by atoms with Gasteiger partial charge in [0.05, 0.1) is 11.6 Å². The van der Waals surface area contributed by atoms with Crippen LogP contribution in [0.4, 0.5) is 13.2 Å². The first-order valence-corrected chi connectivity index (χ1v) is 5.36. The number of halogens is 4. The third kappa shape index (κ3) is 4.10. The maximum Gasteiger partial charge on any atom is 0.422 e. The molecule has 0 aliphatic heterocycles. The predicted molar refractivity (Wildman–Crippen MR) is 59.6 cm³/mol. The van der Waals surface area contributed by atoms with Crippen molar-refractivity contribution in [2.75, 3.05) is 13.2 Å². The third-order valence-electron chi connectivity index (χ3n) is 1.85. The summed E-state index contributed by atoms with van der Waals surface area (Å²) >= 11 is 5.75. The van der Waals surface area contributed by atoms with Crippen LogP contribution in [0.3, 0.4) is 0 Å². The van der Waals surface area contributed by atoms with Gasteiger partial charge in [0.25, 0.3) is 0 Å². The second-order valence-electron chi connectivity index (χ2n) is 3.28. The van der Waals surface area contributed by atoms with Gasteiger partial charge in [-0.15, -0.1) is 0 Å². The number of alkyl halides is 3. The zero-order chi connectivity index (χ0) is 13.8. The Labute approximate surface area is 106 Å². The van der Waals surface area contributed by atoms with Crippen LogP contribution in [0, 0.1) is 0 Å². The zero-order valence-electron chi connectivity index (χ0n) is 9.38.